The largest absolute Gasteiger partial charge is 0.301 e. The van der Waals surface area contributed by atoms with Crippen molar-refractivity contribution in [2.45, 2.75) is 4.90 Å². The van der Waals surface area contributed by atoms with Gasteiger partial charge in [-0.25, -0.2) is 13.4 Å². The van der Waals surface area contributed by atoms with Gasteiger partial charge in [0.1, 0.15) is 4.90 Å². The molecule has 0 spiro atoms. The van der Waals surface area contributed by atoms with Crippen molar-refractivity contribution in [3.63, 3.8) is 0 Å². The van der Waals surface area contributed by atoms with Crippen LogP contribution in [0.15, 0.2) is 71.9 Å². The third kappa shape index (κ3) is 4.65. The van der Waals surface area contributed by atoms with Crippen LogP contribution in [0.2, 0.25) is 10.0 Å². The SMILES string of the molecule is O=S(=O)(Nc1ccc(Cl)c(-c2ccc3cnccc3n2)c1)c1ccc(N2CCNS2(=O)=O)cc1Cl. The summed E-state index contributed by atoms with van der Waals surface area (Å²) in [5, 5.41) is 1.15. The summed E-state index contributed by atoms with van der Waals surface area (Å²) >= 11 is 12.7. The summed E-state index contributed by atoms with van der Waals surface area (Å²) in [5.74, 6) is 0. The van der Waals surface area contributed by atoms with E-state index in [0.29, 0.717) is 16.3 Å². The van der Waals surface area contributed by atoms with Gasteiger partial charge in [-0.2, -0.15) is 13.1 Å². The van der Waals surface area contributed by atoms with Crippen molar-refractivity contribution in [2.75, 3.05) is 22.1 Å². The molecule has 0 bridgehead atoms. The van der Waals surface area contributed by atoms with Gasteiger partial charge >= 0.3 is 10.2 Å². The van der Waals surface area contributed by atoms with E-state index in [1.807, 2.05) is 6.07 Å². The Morgan fingerprint density at radius 3 is 2.57 bits per heavy atom. The number of sulfonamides is 1. The fourth-order valence-corrected chi connectivity index (χ4v) is 6.75. The Bertz CT molecular complexity index is 1680. The van der Waals surface area contributed by atoms with Crippen LogP contribution in [0.1, 0.15) is 0 Å². The summed E-state index contributed by atoms with van der Waals surface area (Å²) in [7, 11) is -7.76. The molecule has 0 radical (unpaired) electrons. The van der Waals surface area contributed by atoms with Crippen LogP contribution in [0.4, 0.5) is 11.4 Å². The topological polar surface area (TPSA) is 121 Å². The number of rotatable bonds is 5. The first-order valence-electron chi connectivity index (χ1n) is 10.2. The molecule has 1 aliphatic rings. The first-order valence-corrected chi connectivity index (χ1v) is 13.9. The van der Waals surface area contributed by atoms with Crippen molar-refractivity contribution in [3.05, 3.63) is 77.0 Å². The average Bonchev–Trinajstić information content (AvgIpc) is 3.18. The van der Waals surface area contributed by atoms with Gasteiger partial charge in [0.2, 0.25) is 0 Å². The third-order valence-electron chi connectivity index (χ3n) is 5.37. The van der Waals surface area contributed by atoms with Crippen molar-refractivity contribution >= 4 is 65.7 Å². The van der Waals surface area contributed by atoms with Gasteiger partial charge < -0.3 is 0 Å². The molecule has 4 aromatic rings. The van der Waals surface area contributed by atoms with Crippen LogP contribution >= 0.6 is 23.2 Å². The van der Waals surface area contributed by atoms with Crippen LogP contribution in [0.25, 0.3) is 22.2 Å². The van der Waals surface area contributed by atoms with Crippen LogP contribution in [0.5, 0.6) is 0 Å². The van der Waals surface area contributed by atoms with Gasteiger partial charge in [0.25, 0.3) is 10.0 Å². The molecular weight excluding hydrogens is 533 g/mol. The van der Waals surface area contributed by atoms with E-state index < -0.39 is 20.2 Å². The smallest absolute Gasteiger partial charge is 0.280 e. The van der Waals surface area contributed by atoms with Crippen LogP contribution in [0.3, 0.4) is 0 Å². The zero-order valence-electron chi connectivity index (χ0n) is 17.8. The molecule has 0 saturated carbocycles. The molecule has 1 fully saturated rings. The van der Waals surface area contributed by atoms with E-state index in [-0.39, 0.29) is 34.4 Å². The number of anilines is 2. The predicted octanol–water partition coefficient (Wildman–Crippen LogP) is 4.06. The summed E-state index contributed by atoms with van der Waals surface area (Å²) in [6, 6.07) is 14.1. The number of hydrogen-bond acceptors (Lipinski definition) is 6. The second-order valence-electron chi connectivity index (χ2n) is 7.65. The molecule has 2 aromatic carbocycles. The maximum absolute atomic E-state index is 13.1. The Labute approximate surface area is 212 Å². The minimum Gasteiger partial charge on any atom is -0.280 e. The maximum atomic E-state index is 13.1. The molecule has 2 aromatic heterocycles. The lowest BCUT2D eigenvalue weighted by molar-refractivity contribution is 0.591. The van der Waals surface area contributed by atoms with Gasteiger partial charge in [-0.15, -0.1) is 0 Å². The monoisotopic (exact) mass is 549 g/mol. The van der Waals surface area contributed by atoms with Crippen LogP contribution in [0, 0.1) is 0 Å². The highest BCUT2D eigenvalue weighted by molar-refractivity contribution is 7.93. The summed E-state index contributed by atoms with van der Waals surface area (Å²) in [6.07, 6.45) is 3.33. The number of nitrogens with one attached hydrogen (secondary N) is 2. The summed E-state index contributed by atoms with van der Waals surface area (Å²) in [6.45, 7) is 0.472. The maximum Gasteiger partial charge on any atom is 0.301 e. The number of fused-ring (bicyclic) bond motifs is 1. The number of nitrogens with zero attached hydrogens (tertiary/aromatic N) is 3. The quantitative estimate of drug-likeness (QED) is 0.387. The van der Waals surface area contributed by atoms with Gasteiger partial charge in [0.15, 0.2) is 0 Å². The highest BCUT2D eigenvalue weighted by Crippen LogP contribution is 2.33. The lowest BCUT2D eigenvalue weighted by atomic mass is 10.1. The molecule has 0 aliphatic carbocycles. The molecule has 0 unspecified atom stereocenters. The fraction of sp³-hybridized carbons (Fsp3) is 0.0909. The number of hydrogen-bond donors (Lipinski definition) is 2. The summed E-state index contributed by atoms with van der Waals surface area (Å²) < 4.78 is 56.3. The van der Waals surface area contributed by atoms with E-state index in [4.69, 9.17) is 23.2 Å². The first-order chi connectivity index (χ1) is 16.6. The minimum atomic E-state index is -4.10. The average molecular weight is 550 g/mol. The molecule has 2 N–H and O–H groups in total. The molecule has 9 nitrogen and oxygen atoms in total. The van der Waals surface area contributed by atoms with Crippen molar-refractivity contribution in [2.24, 2.45) is 0 Å². The lowest BCUT2D eigenvalue weighted by Gasteiger charge is -2.17. The molecular formula is C22H17Cl2N5O4S2. The van der Waals surface area contributed by atoms with Gasteiger partial charge in [-0.05, 0) is 54.6 Å². The molecule has 1 aliphatic heterocycles. The van der Waals surface area contributed by atoms with E-state index in [1.54, 1.807) is 36.7 Å². The second kappa shape index (κ2) is 8.92. The van der Waals surface area contributed by atoms with Gasteiger partial charge in [-0.1, -0.05) is 23.2 Å². The van der Waals surface area contributed by atoms with Gasteiger partial charge in [-0.3, -0.25) is 14.0 Å². The molecule has 5 rings (SSSR count). The standard InChI is InChI=1S/C22H17Cl2N5O4S2/c23-18-4-2-15(11-17(18)21-5-1-14-13-25-8-7-20(14)27-21)28-34(30,31)22-6-3-16(12-19(22)24)29-10-9-26-35(29,32)33/h1-8,11-13,26,28H,9-10H2. The van der Waals surface area contributed by atoms with Crippen LogP contribution in [-0.2, 0) is 20.2 Å². The molecule has 1 saturated heterocycles. The van der Waals surface area contributed by atoms with E-state index >= 15 is 0 Å². The lowest BCUT2D eigenvalue weighted by Crippen LogP contribution is -2.29. The van der Waals surface area contributed by atoms with E-state index in [9.17, 15) is 16.8 Å². The number of halogens is 2. The second-order valence-corrected chi connectivity index (χ2v) is 11.8. The summed E-state index contributed by atoms with van der Waals surface area (Å²) in [5.41, 5.74) is 2.36. The highest BCUT2D eigenvalue weighted by atomic mass is 35.5. The van der Waals surface area contributed by atoms with Crippen molar-refractivity contribution in [1.29, 1.82) is 0 Å². The van der Waals surface area contributed by atoms with E-state index in [2.05, 4.69) is 19.4 Å². The number of pyridine rings is 2. The Hall–Kier alpha value is -2.96. The van der Waals surface area contributed by atoms with Crippen LogP contribution in [-0.4, -0.2) is 39.9 Å². The molecule has 0 amide bonds. The zero-order chi connectivity index (χ0) is 24.8. The van der Waals surface area contributed by atoms with Crippen molar-refractivity contribution in [1.82, 2.24) is 14.7 Å². The first kappa shape index (κ1) is 23.8. The normalized spacial score (nSPS) is 15.4. The van der Waals surface area contributed by atoms with E-state index in [0.717, 1.165) is 15.2 Å². The number of benzene rings is 2. The molecule has 3 heterocycles. The van der Waals surface area contributed by atoms with Crippen molar-refractivity contribution < 1.29 is 16.8 Å². The Morgan fingerprint density at radius 1 is 1.00 bits per heavy atom. The molecule has 0 atom stereocenters. The fourth-order valence-electron chi connectivity index (χ4n) is 3.72. The number of aromatic nitrogens is 2. The van der Waals surface area contributed by atoms with E-state index in [1.165, 1.54) is 24.3 Å². The Balaban J connectivity index is 1.46. The highest BCUT2D eigenvalue weighted by Gasteiger charge is 2.29. The van der Waals surface area contributed by atoms with Gasteiger partial charge in [0, 0.05) is 42.1 Å². The van der Waals surface area contributed by atoms with Gasteiger partial charge in [0.05, 0.1) is 26.9 Å². The molecule has 35 heavy (non-hydrogen) atoms. The third-order valence-corrected chi connectivity index (χ3v) is 9.10. The minimum absolute atomic E-state index is 0.115. The Morgan fingerprint density at radius 2 is 1.83 bits per heavy atom. The molecule has 13 heteroatoms. The van der Waals surface area contributed by atoms with Crippen LogP contribution < -0.4 is 13.7 Å². The Kier molecular flexibility index (Phi) is 6.06. The summed E-state index contributed by atoms with van der Waals surface area (Å²) in [4.78, 5) is 8.47. The predicted molar refractivity (Wildman–Crippen MR) is 137 cm³/mol. The molecule has 180 valence electrons. The van der Waals surface area contributed by atoms with Crippen molar-refractivity contribution in [3.8, 4) is 11.3 Å². The zero-order valence-corrected chi connectivity index (χ0v) is 21.0.